The quantitative estimate of drug-likeness (QED) is 0.844. The van der Waals surface area contributed by atoms with Crippen molar-refractivity contribution in [1.29, 1.82) is 0 Å². The van der Waals surface area contributed by atoms with Gasteiger partial charge in [0.1, 0.15) is 0 Å². The van der Waals surface area contributed by atoms with Gasteiger partial charge in [0.15, 0.2) is 0 Å². The van der Waals surface area contributed by atoms with E-state index >= 15 is 0 Å². The van der Waals surface area contributed by atoms with E-state index in [9.17, 15) is 4.79 Å². The maximum Gasteiger partial charge on any atom is 0.230 e. The van der Waals surface area contributed by atoms with Crippen LogP contribution in [0, 0.1) is 20.8 Å². The van der Waals surface area contributed by atoms with Crippen LogP contribution in [0.4, 0.5) is 0 Å². The molecule has 5 nitrogen and oxygen atoms in total. The molecule has 1 aromatic heterocycles. The Bertz CT molecular complexity index is 808. The average Bonchev–Trinajstić information content (AvgIpc) is 2.94. The number of aromatic nitrogens is 2. The number of benzene rings is 1. The Kier molecular flexibility index (Phi) is 5.92. The molecule has 0 spiro atoms. The van der Waals surface area contributed by atoms with E-state index in [1.165, 1.54) is 5.56 Å². The summed E-state index contributed by atoms with van der Waals surface area (Å²) in [6.45, 7) is 9.96. The minimum atomic E-state index is -0.562. The Hall–Kier alpha value is -1.85. The standard InChI is InChI=1S/C21H28ClN3O2/c1-14(25-17(4)15(2)16(3)24-25)13-23-20(26)21(9-11-27-12-10-21)18-5-7-19(22)8-6-18/h5-8,14H,9-13H2,1-4H3,(H,23,26). The van der Waals surface area contributed by atoms with Crippen LogP contribution in [0.3, 0.4) is 0 Å². The second-order valence-electron chi connectivity index (χ2n) is 7.50. The number of aryl methyl sites for hydroxylation is 1. The van der Waals surface area contributed by atoms with Crippen LogP contribution >= 0.6 is 11.6 Å². The topological polar surface area (TPSA) is 56.2 Å². The first kappa shape index (κ1) is 19.9. The molecule has 2 heterocycles. The van der Waals surface area contributed by atoms with Crippen molar-refractivity contribution < 1.29 is 9.53 Å². The lowest BCUT2D eigenvalue weighted by Crippen LogP contribution is -2.49. The molecule has 2 aromatic rings. The maximum absolute atomic E-state index is 13.3. The third kappa shape index (κ3) is 3.90. The lowest BCUT2D eigenvalue weighted by Gasteiger charge is -2.36. The van der Waals surface area contributed by atoms with Crippen molar-refractivity contribution in [3.63, 3.8) is 0 Å². The Morgan fingerprint density at radius 1 is 1.26 bits per heavy atom. The number of amides is 1. The fourth-order valence-electron chi connectivity index (χ4n) is 3.81. The Morgan fingerprint density at radius 2 is 1.89 bits per heavy atom. The highest BCUT2D eigenvalue weighted by molar-refractivity contribution is 6.30. The second kappa shape index (κ2) is 8.03. The lowest BCUT2D eigenvalue weighted by atomic mass is 9.73. The molecule has 1 N–H and O–H groups in total. The van der Waals surface area contributed by atoms with E-state index in [-0.39, 0.29) is 11.9 Å². The van der Waals surface area contributed by atoms with Crippen molar-refractivity contribution in [2.24, 2.45) is 0 Å². The summed E-state index contributed by atoms with van der Waals surface area (Å²) >= 11 is 6.04. The summed E-state index contributed by atoms with van der Waals surface area (Å²) in [6, 6.07) is 7.70. The predicted octanol–water partition coefficient (Wildman–Crippen LogP) is 3.89. The first-order valence-corrected chi connectivity index (χ1v) is 9.87. The van der Waals surface area contributed by atoms with E-state index in [4.69, 9.17) is 16.3 Å². The molecule has 1 unspecified atom stereocenters. The van der Waals surface area contributed by atoms with Gasteiger partial charge in [-0.25, -0.2) is 0 Å². The van der Waals surface area contributed by atoms with Crippen molar-refractivity contribution in [3.05, 3.63) is 51.8 Å². The number of rotatable bonds is 5. The highest BCUT2D eigenvalue weighted by atomic mass is 35.5. The molecule has 1 aliphatic rings. The highest BCUT2D eigenvalue weighted by Gasteiger charge is 2.41. The van der Waals surface area contributed by atoms with Gasteiger partial charge in [-0.15, -0.1) is 0 Å². The number of hydrogen-bond donors (Lipinski definition) is 1. The van der Waals surface area contributed by atoms with Crippen LogP contribution in [0.25, 0.3) is 0 Å². The van der Waals surface area contributed by atoms with Crippen LogP contribution in [0.2, 0.25) is 5.02 Å². The molecule has 27 heavy (non-hydrogen) atoms. The van der Waals surface area contributed by atoms with Crippen LogP contribution in [-0.2, 0) is 14.9 Å². The third-order valence-electron chi connectivity index (χ3n) is 5.84. The minimum Gasteiger partial charge on any atom is -0.381 e. The highest BCUT2D eigenvalue weighted by Crippen LogP contribution is 2.36. The van der Waals surface area contributed by atoms with Gasteiger partial charge in [0.2, 0.25) is 5.91 Å². The lowest BCUT2D eigenvalue weighted by molar-refractivity contribution is -0.130. The Balaban J connectivity index is 1.77. The van der Waals surface area contributed by atoms with E-state index in [0.717, 1.165) is 17.0 Å². The molecule has 146 valence electrons. The molecule has 1 fully saturated rings. The van der Waals surface area contributed by atoms with Crippen molar-refractivity contribution in [1.82, 2.24) is 15.1 Å². The fourth-order valence-corrected chi connectivity index (χ4v) is 3.93. The number of halogens is 1. The molecule has 1 aliphatic heterocycles. The van der Waals surface area contributed by atoms with Gasteiger partial charge in [0.05, 0.1) is 17.2 Å². The van der Waals surface area contributed by atoms with Crippen molar-refractivity contribution >= 4 is 17.5 Å². The molecule has 1 atom stereocenters. The van der Waals surface area contributed by atoms with Crippen molar-refractivity contribution in [2.45, 2.75) is 52.0 Å². The summed E-state index contributed by atoms with van der Waals surface area (Å²) in [5.41, 5.74) is 3.83. The van der Waals surface area contributed by atoms with Crippen LogP contribution in [-0.4, -0.2) is 35.4 Å². The number of nitrogens with zero attached hydrogens (tertiary/aromatic N) is 2. The number of ether oxygens (including phenoxy) is 1. The summed E-state index contributed by atoms with van der Waals surface area (Å²) in [5, 5.41) is 8.46. The van der Waals surface area contributed by atoms with Crippen molar-refractivity contribution in [3.8, 4) is 0 Å². The van der Waals surface area contributed by atoms with Crippen molar-refractivity contribution in [2.75, 3.05) is 19.8 Å². The number of carbonyl (C=O) groups excluding carboxylic acids is 1. The molecule has 0 aliphatic carbocycles. The number of carbonyl (C=O) groups is 1. The van der Waals surface area contributed by atoms with E-state index in [1.54, 1.807) is 0 Å². The number of nitrogens with one attached hydrogen (secondary N) is 1. The van der Waals surface area contributed by atoms with Gasteiger partial charge in [-0.05, 0) is 63.8 Å². The van der Waals surface area contributed by atoms with Crippen LogP contribution in [0.15, 0.2) is 24.3 Å². The van der Waals surface area contributed by atoms with Crippen LogP contribution < -0.4 is 5.32 Å². The molecule has 1 aromatic carbocycles. The maximum atomic E-state index is 13.3. The predicted molar refractivity (Wildman–Crippen MR) is 107 cm³/mol. The van der Waals surface area contributed by atoms with E-state index in [1.807, 2.05) is 35.9 Å². The Morgan fingerprint density at radius 3 is 2.44 bits per heavy atom. The molecule has 1 amide bonds. The molecular weight excluding hydrogens is 362 g/mol. The minimum absolute atomic E-state index is 0.0539. The third-order valence-corrected chi connectivity index (χ3v) is 6.09. The van der Waals surface area contributed by atoms with E-state index in [0.29, 0.717) is 37.6 Å². The fraction of sp³-hybridized carbons (Fsp3) is 0.524. The van der Waals surface area contributed by atoms with Gasteiger partial charge in [-0.1, -0.05) is 23.7 Å². The van der Waals surface area contributed by atoms with Gasteiger partial charge in [-0.2, -0.15) is 5.10 Å². The monoisotopic (exact) mass is 389 g/mol. The molecule has 0 saturated carbocycles. The van der Waals surface area contributed by atoms with Crippen LogP contribution in [0.1, 0.15) is 48.3 Å². The van der Waals surface area contributed by atoms with Gasteiger partial charge in [-0.3, -0.25) is 9.48 Å². The molecule has 0 radical (unpaired) electrons. The second-order valence-corrected chi connectivity index (χ2v) is 7.94. The zero-order chi connectivity index (χ0) is 19.6. The average molecular weight is 390 g/mol. The van der Waals surface area contributed by atoms with E-state index < -0.39 is 5.41 Å². The zero-order valence-corrected chi connectivity index (χ0v) is 17.3. The van der Waals surface area contributed by atoms with Crippen LogP contribution in [0.5, 0.6) is 0 Å². The Labute approximate surface area is 166 Å². The smallest absolute Gasteiger partial charge is 0.230 e. The zero-order valence-electron chi connectivity index (χ0n) is 16.5. The van der Waals surface area contributed by atoms with Gasteiger partial charge in [0, 0.05) is 30.5 Å². The molecule has 3 rings (SSSR count). The normalized spacial score (nSPS) is 17.5. The van der Waals surface area contributed by atoms with Gasteiger partial charge < -0.3 is 10.1 Å². The molecular formula is C21H28ClN3O2. The first-order chi connectivity index (χ1) is 12.8. The summed E-state index contributed by atoms with van der Waals surface area (Å²) in [7, 11) is 0. The molecule has 1 saturated heterocycles. The van der Waals surface area contributed by atoms with E-state index in [2.05, 4.69) is 31.2 Å². The summed E-state index contributed by atoms with van der Waals surface area (Å²) in [5.74, 6) is 0.0539. The summed E-state index contributed by atoms with van der Waals surface area (Å²) in [6.07, 6.45) is 1.35. The van der Waals surface area contributed by atoms with Gasteiger partial charge >= 0.3 is 0 Å². The summed E-state index contributed by atoms with van der Waals surface area (Å²) < 4.78 is 7.53. The molecule has 0 bridgehead atoms. The first-order valence-electron chi connectivity index (χ1n) is 9.49. The molecule has 6 heteroatoms. The largest absolute Gasteiger partial charge is 0.381 e. The number of hydrogen-bond acceptors (Lipinski definition) is 3. The SMILES string of the molecule is Cc1nn(C(C)CNC(=O)C2(c3ccc(Cl)cc3)CCOCC2)c(C)c1C. The van der Waals surface area contributed by atoms with Gasteiger partial charge in [0.25, 0.3) is 0 Å². The summed E-state index contributed by atoms with van der Waals surface area (Å²) in [4.78, 5) is 13.3.